The van der Waals surface area contributed by atoms with Crippen LogP contribution in [0.15, 0.2) is 4.99 Å². The van der Waals surface area contributed by atoms with E-state index in [-0.39, 0.29) is 11.6 Å². The number of carbonyl (C=O) groups is 1. The highest BCUT2D eigenvalue weighted by molar-refractivity contribution is 6.05. The summed E-state index contributed by atoms with van der Waals surface area (Å²) >= 11 is 0. The standard InChI is InChI=1S/C11H19N3O2/c1-16-8-7-14-10(15)13-9(12)11(14)5-3-2-4-6-11/h2-8H2,1H3,(H2,12,13,15). The molecule has 0 unspecified atom stereocenters. The Morgan fingerprint density at radius 1 is 1.44 bits per heavy atom. The van der Waals surface area contributed by atoms with Crippen molar-refractivity contribution >= 4 is 11.9 Å². The van der Waals surface area contributed by atoms with Crippen molar-refractivity contribution in [2.24, 2.45) is 10.7 Å². The average Bonchev–Trinajstić information content (AvgIpc) is 2.50. The normalized spacial score (nSPS) is 23.9. The largest absolute Gasteiger partial charge is 0.385 e. The van der Waals surface area contributed by atoms with Crippen LogP contribution in [0.2, 0.25) is 0 Å². The van der Waals surface area contributed by atoms with Crippen molar-refractivity contribution in [1.29, 1.82) is 0 Å². The molecule has 2 rings (SSSR count). The molecule has 0 saturated heterocycles. The van der Waals surface area contributed by atoms with E-state index >= 15 is 0 Å². The molecular formula is C11H19N3O2. The molecule has 2 aliphatic rings. The Bertz CT molecular complexity index is 308. The molecule has 1 saturated carbocycles. The zero-order chi connectivity index (χ0) is 11.6. The molecule has 1 heterocycles. The number of rotatable bonds is 3. The Kier molecular flexibility index (Phi) is 3.14. The molecule has 16 heavy (non-hydrogen) atoms. The van der Waals surface area contributed by atoms with Gasteiger partial charge in [-0.1, -0.05) is 19.3 Å². The number of hydrogen-bond acceptors (Lipinski definition) is 3. The van der Waals surface area contributed by atoms with Crippen LogP contribution in [0, 0.1) is 0 Å². The van der Waals surface area contributed by atoms with Crippen LogP contribution in [-0.4, -0.2) is 42.6 Å². The summed E-state index contributed by atoms with van der Waals surface area (Å²) in [6.07, 6.45) is 5.34. The van der Waals surface area contributed by atoms with Crippen molar-refractivity contribution in [3.63, 3.8) is 0 Å². The number of nitrogens with zero attached hydrogens (tertiary/aromatic N) is 2. The fourth-order valence-corrected chi connectivity index (χ4v) is 2.74. The van der Waals surface area contributed by atoms with Crippen molar-refractivity contribution in [3.05, 3.63) is 0 Å². The number of methoxy groups -OCH3 is 1. The van der Waals surface area contributed by atoms with Gasteiger partial charge in [-0.05, 0) is 12.8 Å². The summed E-state index contributed by atoms with van der Waals surface area (Å²) in [7, 11) is 1.64. The van der Waals surface area contributed by atoms with Gasteiger partial charge in [-0.25, -0.2) is 4.79 Å². The average molecular weight is 225 g/mol. The van der Waals surface area contributed by atoms with Gasteiger partial charge in [0, 0.05) is 13.7 Å². The van der Waals surface area contributed by atoms with Gasteiger partial charge in [0.2, 0.25) is 0 Å². The molecule has 0 bridgehead atoms. The van der Waals surface area contributed by atoms with E-state index in [4.69, 9.17) is 10.5 Å². The highest BCUT2D eigenvalue weighted by Gasteiger charge is 2.48. The second kappa shape index (κ2) is 4.41. The molecule has 0 atom stereocenters. The fourth-order valence-electron chi connectivity index (χ4n) is 2.74. The van der Waals surface area contributed by atoms with Gasteiger partial charge < -0.3 is 15.4 Å². The van der Waals surface area contributed by atoms with Crippen molar-refractivity contribution in [1.82, 2.24) is 4.90 Å². The van der Waals surface area contributed by atoms with Gasteiger partial charge in [0.05, 0.1) is 6.61 Å². The fraction of sp³-hybridized carbons (Fsp3) is 0.818. The third kappa shape index (κ3) is 1.69. The van der Waals surface area contributed by atoms with Gasteiger partial charge in [0.25, 0.3) is 0 Å². The molecule has 5 nitrogen and oxygen atoms in total. The number of amides is 2. The number of amidine groups is 1. The first-order valence-corrected chi connectivity index (χ1v) is 5.86. The van der Waals surface area contributed by atoms with Crippen LogP contribution in [0.1, 0.15) is 32.1 Å². The molecule has 1 aliphatic carbocycles. The predicted molar refractivity (Wildman–Crippen MR) is 61.4 cm³/mol. The minimum atomic E-state index is -0.298. The summed E-state index contributed by atoms with van der Waals surface area (Å²) in [5.74, 6) is 0.508. The first-order valence-electron chi connectivity index (χ1n) is 5.86. The number of aliphatic imine (C=N–C) groups is 1. The molecule has 0 aromatic rings. The second-order valence-corrected chi connectivity index (χ2v) is 4.52. The Labute approximate surface area is 95.6 Å². The number of urea groups is 1. The van der Waals surface area contributed by atoms with E-state index in [1.54, 1.807) is 12.0 Å². The molecular weight excluding hydrogens is 206 g/mol. The Hall–Kier alpha value is -1.10. The molecule has 1 spiro atoms. The summed E-state index contributed by atoms with van der Waals surface area (Å²) in [6, 6.07) is -0.198. The van der Waals surface area contributed by atoms with Crippen LogP contribution >= 0.6 is 0 Å². The van der Waals surface area contributed by atoms with Gasteiger partial charge in [-0.2, -0.15) is 4.99 Å². The van der Waals surface area contributed by atoms with Gasteiger partial charge in [0.15, 0.2) is 0 Å². The van der Waals surface area contributed by atoms with Gasteiger partial charge in [0.1, 0.15) is 11.4 Å². The van der Waals surface area contributed by atoms with Gasteiger partial charge in [-0.15, -0.1) is 0 Å². The number of ether oxygens (including phenoxy) is 1. The minimum Gasteiger partial charge on any atom is -0.385 e. The lowest BCUT2D eigenvalue weighted by molar-refractivity contribution is 0.105. The minimum absolute atomic E-state index is 0.198. The van der Waals surface area contributed by atoms with E-state index in [2.05, 4.69) is 4.99 Å². The van der Waals surface area contributed by atoms with E-state index in [0.29, 0.717) is 19.0 Å². The van der Waals surface area contributed by atoms with Crippen LogP contribution in [0.25, 0.3) is 0 Å². The molecule has 1 aliphatic heterocycles. The highest BCUT2D eigenvalue weighted by Crippen LogP contribution is 2.37. The molecule has 0 radical (unpaired) electrons. The first-order chi connectivity index (χ1) is 7.70. The molecule has 0 aromatic carbocycles. The maximum absolute atomic E-state index is 11.8. The number of hydrogen-bond donors (Lipinski definition) is 1. The number of carbonyl (C=O) groups excluding carboxylic acids is 1. The van der Waals surface area contributed by atoms with E-state index in [1.165, 1.54) is 6.42 Å². The Balaban J connectivity index is 2.17. The van der Waals surface area contributed by atoms with Crippen molar-refractivity contribution in [2.75, 3.05) is 20.3 Å². The number of nitrogens with two attached hydrogens (primary N) is 1. The second-order valence-electron chi connectivity index (χ2n) is 4.52. The molecule has 90 valence electrons. The van der Waals surface area contributed by atoms with E-state index < -0.39 is 0 Å². The van der Waals surface area contributed by atoms with Crippen molar-refractivity contribution < 1.29 is 9.53 Å². The summed E-state index contributed by atoms with van der Waals surface area (Å²) in [5.41, 5.74) is 5.65. The van der Waals surface area contributed by atoms with Crippen molar-refractivity contribution in [2.45, 2.75) is 37.6 Å². The van der Waals surface area contributed by atoms with Crippen LogP contribution in [0.5, 0.6) is 0 Å². The monoisotopic (exact) mass is 225 g/mol. The topological polar surface area (TPSA) is 67.9 Å². The van der Waals surface area contributed by atoms with Gasteiger partial charge in [-0.3, -0.25) is 0 Å². The lowest BCUT2D eigenvalue weighted by Crippen LogP contribution is -2.56. The Morgan fingerprint density at radius 2 is 2.12 bits per heavy atom. The lowest BCUT2D eigenvalue weighted by atomic mass is 9.80. The maximum Gasteiger partial charge on any atom is 0.346 e. The third-order valence-corrected chi connectivity index (χ3v) is 3.64. The van der Waals surface area contributed by atoms with Crippen LogP contribution in [-0.2, 0) is 4.74 Å². The highest BCUT2D eigenvalue weighted by atomic mass is 16.5. The molecule has 1 fully saturated rings. The van der Waals surface area contributed by atoms with E-state index in [0.717, 1.165) is 25.7 Å². The first kappa shape index (κ1) is 11.4. The summed E-state index contributed by atoms with van der Waals surface area (Å²) in [6.45, 7) is 1.12. The Morgan fingerprint density at radius 3 is 2.75 bits per heavy atom. The lowest BCUT2D eigenvalue weighted by Gasteiger charge is -2.40. The smallest absolute Gasteiger partial charge is 0.346 e. The quantitative estimate of drug-likeness (QED) is 0.782. The van der Waals surface area contributed by atoms with Gasteiger partial charge >= 0.3 is 6.03 Å². The zero-order valence-electron chi connectivity index (χ0n) is 9.74. The molecule has 5 heteroatoms. The molecule has 2 amide bonds. The van der Waals surface area contributed by atoms with Crippen LogP contribution in [0.3, 0.4) is 0 Å². The predicted octanol–water partition coefficient (Wildman–Crippen LogP) is 1.13. The zero-order valence-corrected chi connectivity index (χ0v) is 9.74. The summed E-state index contributed by atoms with van der Waals surface area (Å²) in [4.78, 5) is 17.5. The molecule has 2 N–H and O–H groups in total. The van der Waals surface area contributed by atoms with Crippen LogP contribution in [0.4, 0.5) is 4.79 Å². The van der Waals surface area contributed by atoms with Crippen LogP contribution < -0.4 is 5.73 Å². The SMILES string of the molecule is COCCN1C(=O)N=C(N)C12CCCCC2. The van der Waals surface area contributed by atoms with E-state index in [1.807, 2.05) is 0 Å². The summed E-state index contributed by atoms with van der Waals surface area (Å²) < 4.78 is 5.04. The molecule has 0 aromatic heterocycles. The summed E-state index contributed by atoms with van der Waals surface area (Å²) in [5, 5.41) is 0. The maximum atomic E-state index is 11.8. The van der Waals surface area contributed by atoms with E-state index in [9.17, 15) is 4.79 Å². The van der Waals surface area contributed by atoms with Crippen molar-refractivity contribution in [3.8, 4) is 0 Å². The third-order valence-electron chi connectivity index (χ3n) is 3.64.